The van der Waals surface area contributed by atoms with E-state index in [1.54, 1.807) is 0 Å². The van der Waals surface area contributed by atoms with Gasteiger partial charge in [-0.25, -0.2) is 0 Å². The maximum Gasteiger partial charge on any atom is 0.0465 e. The van der Waals surface area contributed by atoms with Gasteiger partial charge in [-0.05, 0) is 109 Å². The Morgan fingerprint density at radius 3 is 1.70 bits per heavy atom. The molecule has 1 heteroatoms. The molecule has 7 aromatic rings. The zero-order valence-corrected chi connectivity index (χ0v) is 27.4. The van der Waals surface area contributed by atoms with Crippen LogP contribution >= 0.6 is 0 Å². The minimum Gasteiger partial charge on any atom is -0.310 e. The fourth-order valence-electron chi connectivity index (χ4n) is 8.44. The Balaban J connectivity index is 1.21. The van der Waals surface area contributed by atoms with E-state index in [-0.39, 0.29) is 10.8 Å². The summed E-state index contributed by atoms with van der Waals surface area (Å²) in [7, 11) is 0. The number of anilines is 3. The van der Waals surface area contributed by atoms with Crippen LogP contribution in [0, 0.1) is 0 Å². The normalized spacial score (nSPS) is 14.7. The second kappa shape index (κ2) is 10.0. The fourth-order valence-corrected chi connectivity index (χ4v) is 8.44. The largest absolute Gasteiger partial charge is 0.310 e. The van der Waals surface area contributed by atoms with Crippen LogP contribution in [0.15, 0.2) is 152 Å². The summed E-state index contributed by atoms with van der Waals surface area (Å²) in [6, 6.07) is 56.2. The molecule has 0 saturated heterocycles. The van der Waals surface area contributed by atoms with Crippen LogP contribution in [-0.4, -0.2) is 0 Å². The number of hydrogen-bond donors (Lipinski definition) is 0. The molecule has 7 aromatic carbocycles. The summed E-state index contributed by atoms with van der Waals surface area (Å²) in [5.41, 5.74) is 16.9. The molecule has 0 saturated carbocycles. The van der Waals surface area contributed by atoms with Gasteiger partial charge in [-0.15, -0.1) is 0 Å². The fraction of sp³-hybridized carbons (Fsp3) is 0.130. The third kappa shape index (κ3) is 4.02. The number of benzene rings is 7. The monoisotopic (exact) mass is 603 g/mol. The Bertz CT molecular complexity index is 2340. The van der Waals surface area contributed by atoms with E-state index in [1.807, 2.05) is 0 Å². The van der Waals surface area contributed by atoms with Gasteiger partial charge in [0.25, 0.3) is 0 Å². The van der Waals surface area contributed by atoms with Gasteiger partial charge in [-0.2, -0.15) is 0 Å². The third-order valence-electron chi connectivity index (χ3n) is 10.8. The predicted octanol–water partition coefficient (Wildman–Crippen LogP) is 12.6. The Morgan fingerprint density at radius 2 is 0.936 bits per heavy atom. The number of rotatable bonds is 4. The molecular formula is C46H37N. The van der Waals surface area contributed by atoms with Crippen molar-refractivity contribution >= 4 is 27.8 Å². The number of hydrogen-bond acceptors (Lipinski definition) is 1. The molecular weight excluding hydrogens is 567 g/mol. The van der Waals surface area contributed by atoms with E-state index in [9.17, 15) is 0 Å². The van der Waals surface area contributed by atoms with Crippen LogP contribution in [0.4, 0.5) is 17.1 Å². The molecule has 226 valence electrons. The Kier molecular flexibility index (Phi) is 5.96. The summed E-state index contributed by atoms with van der Waals surface area (Å²) in [5, 5.41) is 2.59. The molecule has 0 fully saturated rings. The van der Waals surface area contributed by atoms with Crippen molar-refractivity contribution in [3.05, 3.63) is 174 Å². The zero-order valence-electron chi connectivity index (χ0n) is 27.4. The molecule has 2 aliphatic rings. The molecule has 0 N–H and O–H groups in total. The highest BCUT2D eigenvalue weighted by Gasteiger charge is 2.38. The van der Waals surface area contributed by atoms with E-state index in [0.29, 0.717) is 0 Å². The van der Waals surface area contributed by atoms with E-state index in [1.165, 1.54) is 72.1 Å². The molecule has 0 heterocycles. The van der Waals surface area contributed by atoms with Crippen molar-refractivity contribution in [3.8, 4) is 33.4 Å². The van der Waals surface area contributed by atoms with Crippen molar-refractivity contribution in [1.82, 2.24) is 0 Å². The first-order valence-electron chi connectivity index (χ1n) is 16.7. The third-order valence-corrected chi connectivity index (χ3v) is 10.8. The maximum absolute atomic E-state index is 2.42. The molecule has 0 atom stereocenters. The van der Waals surface area contributed by atoms with Gasteiger partial charge in [0.2, 0.25) is 0 Å². The minimum absolute atomic E-state index is 0.0598. The number of nitrogens with zero attached hydrogens (tertiary/aromatic N) is 1. The lowest BCUT2D eigenvalue weighted by molar-refractivity contribution is 0.660. The Morgan fingerprint density at radius 1 is 0.383 bits per heavy atom. The van der Waals surface area contributed by atoms with E-state index >= 15 is 0 Å². The highest BCUT2D eigenvalue weighted by atomic mass is 15.1. The quantitative estimate of drug-likeness (QED) is 0.193. The van der Waals surface area contributed by atoms with Gasteiger partial charge in [-0.3, -0.25) is 0 Å². The van der Waals surface area contributed by atoms with Gasteiger partial charge >= 0.3 is 0 Å². The highest BCUT2D eigenvalue weighted by Crippen LogP contribution is 2.55. The SMILES string of the molecule is CC1(C)c2ccccc2-c2ccc(N(c3ccccc3)c3ccc(-c4c5c(cc6ccccc46)C(C)(C)c4ccccc4-5)cc3)cc21. The average Bonchev–Trinajstić information content (AvgIpc) is 3.47. The molecule has 2 aliphatic carbocycles. The second-order valence-corrected chi connectivity index (χ2v) is 14.2. The lowest BCUT2D eigenvalue weighted by atomic mass is 9.80. The van der Waals surface area contributed by atoms with Crippen molar-refractivity contribution in [3.63, 3.8) is 0 Å². The van der Waals surface area contributed by atoms with Crippen LogP contribution in [0.1, 0.15) is 49.9 Å². The van der Waals surface area contributed by atoms with Crippen LogP contribution in [0.5, 0.6) is 0 Å². The summed E-state index contributed by atoms with van der Waals surface area (Å²) >= 11 is 0. The van der Waals surface area contributed by atoms with Crippen LogP contribution in [0.2, 0.25) is 0 Å². The summed E-state index contributed by atoms with van der Waals surface area (Å²) < 4.78 is 0. The van der Waals surface area contributed by atoms with Gasteiger partial charge in [-0.1, -0.05) is 137 Å². The van der Waals surface area contributed by atoms with Crippen LogP contribution in [-0.2, 0) is 10.8 Å². The van der Waals surface area contributed by atoms with Gasteiger partial charge in [0.15, 0.2) is 0 Å². The molecule has 0 aliphatic heterocycles. The van der Waals surface area contributed by atoms with Crippen LogP contribution in [0.3, 0.4) is 0 Å². The molecule has 47 heavy (non-hydrogen) atoms. The first-order valence-corrected chi connectivity index (χ1v) is 16.7. The average molecular weight is 604 g/mol. The van der Waals surface area contributed by atoms with Crippen molar-refractivity contribution in [2.24, 2.45) is 0 Å². The predicted molar refractivity (Wildman–Crippen MR) is 199 cm³/mol. The number of fused-ring (bicyclic) bond motifs is 7. The summed E-state index contributed by atoms with van der Waals surface area (Å²) in [4.78, 5) is 2.40. The van der Waals surface area contributed by atoms with E-state index in [2.05, 4.69) is 184 Å². The summed E-state index contributed by atoms with van der Waals surface area (Å²) in [6.07, 6.45) is 0. The first-order chi connectivity index (χ1) is 22.8. The van der Waals surface area contributed by atoms with Gasteiger partial charge in [0, 0.05) is 27.9 Å². The molecule has 0 bridgehead atoms. The molecule has 0 spiro atoms. The van der Waals surface area contributed by atoms with Crippen molar-refractivity contribution in [2.75, 3.05) is 4.90 Å². The van der Waals surface area contributed by atoms with E-state index in [0.717, 1.165) is 11.4 Å². The van der Waals surface area contributed by atoms with Gasteiger partial charge < -0.3 is 4.90 Å². The lowest BCUT2D eigenvalue weighted by Crippen LogP contribution is -2.16. The lowest BCUT2D eigenvalue weighted by Gasteiger charge is -2.28. The molecule has 0 amide bonds. The van der Waals surface area contributed by atoms with Crippen LogP contribution in [0.25, 0.3) is 44.2 Å². The van der Waals surface area contributed by atoms with Crippen molar-refractivity contribution in [1.29, 1.82) is 0 Å². The molecule has 0 unspecified atom stereocenters. The topological polar surface area (TPSA) is 3.24 Å². The molecule has 9 rings (SSSR count). The smallest absolute Gasteiger partial charge is 0.0465 e. The molecule has 0 radical (unpaired) electrons. The first kappa shape index (κ1) is 27.9. The maximum atomic E-state index is 2.42. The molecule has 1 nitrogen and oxygen atoms in total. The molecule has 0 aromatic heterocycles. The highest BCUT2D eigenvalue weighted by molar-refractivity contribution is 6.08. The Hall–Kier alpha value is -5.40. The van der Waals surface area contributed by atoms with Gasteiger partial charge in [0.05, 0.1) is 0 Å². The van der Waals surface area contributed by atoms with Crippen molar-refractivity contribution < 1.29 is 0 Å². The minimum atomic E-state index is -0.0625. The standard InChI is InChI=1S/C46H37N/c1-45(2)39-20-12-10-18-36(39)37-27-26-34(29-41(37)45)47(32-15-6-5-7-16-32)33-24-22-30(23-25-33)43-35-17-9-8-14-31(35)28-42-44(43)38-19-11-13-21-40(38)46(42,3)4/h5-29H,1-4H3. The number of para-hydroxylation sites is 1. The van der Waals surface area contributed by atoms with E-state index in [4.69, 9.17) is 0 Å². The van der Waals surface area contributed by atoms with Crippen LogP contribution < -0.4 is 4.90 Å². The second-order valence-electron chi connectivity index (χ2n) is 14.2. The van der Waals surface area contributed by atoms with Gasteiger partial charge in [0.1, 0.15) is 0 Å². The summed E-state index contributed by atoms with van der Waals surface area (Å²) in [6.45, 7) is 9.44. The summed E-state index contributed by atoms with van der Waals surface area (Å²) in [5.74, 6) is 0. The van der Waals surface area contributed by atoms with Crippen molar-refractivity contribution in [2.45, 2.75) is 38.5 Å². The Labute approximate surface area is 277 Å². The zero-order chi connectivity index (χ0) is 31.9. The van der Waals surface area contributed by atoms with E-state index < -0.39 is 0 Å².